The quantitative estimate of drug-likeness (QED) is 0.906. The molecule has 0 radical (unpaired) electrons. The Hall–Kier alpha value is -1.68. The highest BCUT2D eigenvalue weighted by molar-refractivity contribution is 5.54. The molecule has 0 amide bonds. The fourth-order valence-electron chi connectivity index (χ4n) is 2.70. The van der Waals surface area contributed by atoms with Gasteiger partial charge in [-0.25, -0.2) is 0 Å². The van der Waals surface area contributed by atoms with Crippen molar-refractivity contribution in [3.63, 3.8) is 0 Å². The molecule has 1 aromatic carbocycles. The van der Waals surface area contributed by atoms with Crippen molar-refractivity contribution < 1.29 is 4.52 Å². The summed E-state index contributed by atoms with van der Waals surface area (Å²) in [6.07, 6.45) is 6.23. The molecule has 0 spiro atoms. The fourth-order valence-corrected chi connectivity index (χ4v) is 2.70. The lowest BCUT2D eigenvalue weighted by Gasteiger charge is -2.08. The Kier molecular flexibility index (Phi) is 4.11. The molecule has 1 aliphatic rings. The average molecular weight is 271 g/mol. The molecule has 0 bridgehead atoms. The smallest absolute Gasteiger partial charge is 0.240 e. The van der Waals surface area contributed by atoms with E-state index < -0.39 is 0 Å². The summed E-state index contributed by atoms with van der Waals surface area (Å²) in [5.41, 5.74) is 2.33. The maximum Gasteiger partial charge on any atom is 0.240 e. The first-order chi connectivity index (χ1) is 9.85. The number of nitrogens with one attached hydrogen (secondary N) is 1. The van der Waals surface area contributed by atoms with Crippen LogP contribution in [0, 0.1) is 0 Å². The lowest BCUT2D eigenvalue weighted by Crippen LogP contribution is -2.25. The zero-order valence-electron chi connectivity index (χ0n) is 11.9. The Morgan fingerprint density at radius 2 is 1.95 bits per heavy atom. The van der Waals surface area contributed by atoms with E-state index in [1.807, 2.05) is 0 Å². The number of hydrogen-bond acceptors (Lipinski definition) is 4. The van der Waals surface area contributed by atoms with Gasteiger partial charge in [0.1, 0.15) is 0 Å². The van der Waals surface area contributed by atoms with E-state index >= 15 is 0 Å². The first kappa shape index (κ1) is 13.3. The van der Waals surface area contributed by atoms with Crippen molar-refractivity contribution in [2.45, 2.75) is 51.6 Å². The second-order valence-corrected chi connectivity index (χ2v) is 5.42. The first-order valence-electron chi connectivity index (χ1n) is 7.50. The van der Waals surface area contributed by atoms with Crippen LogP contribution in [-0.4, -0.2) is 16.2 Å². The zero-order chi connectivity index (χ0) is 13.8. The van der Waals surface area contributed by atoms with Crippen LogP contribution >= 0.6 is 0 Å². The largest absolute Gasteiger partial charge is 0.338 e. The summed E-state index contributed by atoms with van der Waals surface area (Å²) in [6.45, 7) is 2.82. The second kappa shape index (κ2) is 6.18. The maximum atomic E-state index is 5.31. The van der Waals surface area contributed by atoms with Gasteiger partial charge in [-0.15, -0.1) is 0 Å². The van der Waals surface area contributed by atoms with Crippen LogP contribution in [0.25, 0.3) is 11.4 Å². The van der Waals surface area contributed by atoms with Gasteiger partial charge in [-0.1, -0.05) is 49.2 Å². The third-order valence-electron chi connectivity index (χ3n) is 3.99. The minimum Gasteiger partial charge on any atom is -0.338 e. The molecule has 0 atom stereocenters. The van der Waals surface area contributed by atoms with Crippen LogP contribution in [0.15, 0.2) is 28.8 Å². The summed E-state index contributed by atoms with van der Waals surface area (Å²) in [5, 5.41) is 7.55. The van der Waals surface area contributed by atoms with Crippen molar-refractivity contribution in [2.24, 2.45) is 0 Å². The van der Waals surface area contributed by atoms with Crippen LogP contribution < -0.4 is 5.32 Å². The molecule has 4 heteroatoms. The SMILES string of the molecule is CCc1ccc(-c2noc(CNC3CCCC3)n2)cc1. The molecule has 2 aromatic rings. The lowest BCUT2D eigenvalue weighted by atomic mass is 10.1. The Morgan fingerprint density at radius 1 is 1.20 bits per heavy atom. The maximum absolute atomic E-state index is 5.31. The highest BCUT2D eigenvalue weighted by atomic mass is 16.5. The van der Waals surface area contributed by atoms with Gasteiger partial charge in [0, 0.05) is 11.6 Å². The van der Waals surface area contributed by atoms with E-state index in [0.717, 1.165) is 12.0 Å². The minimum absolute atomic E-state index is 0.620. The van der Waals surface area contributed by atoms with Gasteiger partial charge in [0.2, 0.25) is 11.7 Å². The summed E-state index contributed by atoms with van der Waals surface area (Å²) in [7, 11) is 0. The monoisotopic (exact) mass is 271 g/mol. The summed E-state index contributed by atoms with van der Waals surface area (Å²) in [5.74, 6) is 1.35. The van der Waals surface area contributed by atoms with Crippen molar-refractivity contribution in [2.75, 3.05) is 0 Å². The summed E-state index contributed by atoms with van der Waals surface area (Å²) < 4.78 is 5.31. The van der Waals surface area contributed by atoms with E-state index in [-0.39, 0.29) is 0 Å². The third kappa shape index (κ3) is 3.07. The molecule has 1 saturated carbocycles. The lowest BCUT2D eigenvalue weighted by molar-refractivity contribution is 0.357. The van der Waals surface area contributed by atoms with Crippen LogP contribution in [0.1, 0.15) is 44.1 Å². The molecule has 1 aliphatic carbocycles. The van der Waals surface area contributed by atoms with Crippen LogP contribution in [0.5, 0.6) is 0 Å². The van der Waals surface area contributed by atoms with E-state index in [1.54, 1.807) is 0 Å². The Bertz CT molecular complexity index is 541. The minimum atomic E-state index is 0.620. The molecule has 0 saturated heterocycles. The van der Waals surface area contributed by atoms with Crippen LogP contribution in [-0.2, 0) is 13.0 Å². The van der Waals surface area contributed by atoms with Crippen LogP contribution in [0.4, 0.5) is 0 Å². The molecule has 1 aromatic heterocycles. The van der Waals surface area contributed by atoms with Crippen molar-refractivity contribution in [3.05, 3.63) is 35.7 Å². The summed E-state index contributed by atoms with van der Waals surface area (Å²) in [4.78, 5) is 4.46. The fraction of sp³-hybridized carbons (Fsp3) is 0.500. The number of benzene rings is 1. The van der Waals surface area contributed by atoms with Crippen LogP contribution in [0.3, 0.4) is 0 Å². The van der Waals surface area contributed by atoms with Gasteiger partial charge in [-0.2, -0.15) is 4.98 Å². The van der Waals surface area contributed by atoms with Gasteiger partial charge in [0.25, 0.3) is 0 Å². The van der Waals surface area contributed by atoms with Crippen molar-refractivity contribution in [3.8, 4) is 11.4 Å². The van der Waals surface area contributed by atoms with Gasteiger partial charge in [-0.3, -0.25) is 0 Å². The number of rotatable bonds is 5. The molecule has 20 heavy (non-hydrogen) atoms. The normalized spacial score (nSPS) is 15.8. The van der Waals surface area contributed by atoms with E-state index in [0.29, 0.717) is 24.3 Å². The third-order valence-corrected chi connectivity index (χ3v) is 3.99. The molecule has 1 N–H and O–H groups in total. The van der Waals surface area contributed by atoms with Gasteiger partial charge in [-0.05, 0) is 24.8 Å². The number of hydrogen-bond donors (Lipinski definition) is 1. The Labute approximate surface area is 119 Å². The summed E-state index contributed by atoms with van der Waals surface area (Å²) in [6, 6.07) is 8.95. The molecular weight excluding hydrogens is 250 g/mol. The van der Waals surface area contributed by atoms with Crippen molar-refractivity contribution in [1.29, 1.82) is 0 Å². The van der Waals surface area contributed by atoms with E-state index in [2.05, 4.69) is 46.6 Å². The zero-order valence-corrected chi connectivity index (χ0v) is 11.9. The second-order valence-electron chi connectivity index (χ2n) is 5.42. The van der Waals surface area contributed by atoms with E-state index in [4.69, 9.17) is 4.52 Å². The van der Waals surface area contributed by atoms with E-state index in [1.165, 1.54) is 31.2 Å². The molecule has 1 fully saturated rings. The predicted octanol–water partition coefficient (Wildman–Crippen LogP) is 3.33. The Morgan fingerprint density at radius 3 is 2.65 bits per heavy atom. The summed E-state index contributed by atoms with van der Waals surface area (Å²) >= 11 is 0. The molecule has 3 rings (SSSR count). The molecular formula is C16H21N3O. The topological polar surface area (TPSA) is 51.0 Å². The van der Waals surface area contributed by atoms with Gasteiger partial charge in [0.05, 0.1) is 6.54 Å². The van der Waals surface area contributed by atoms with Crippen molar-refractivity contribution >= 4 is 0 Å². The first-order valence-corrected chi connectivity index (χ1v) is 7.50. The van der Waals surface area contributed by atoms with Crippen molar-refractivity contribution in [1.82, 2.24) is 15.5 Å². The molecule has 1 heterocycles. The number of nitrogens with zero attached hydrogens (tertiary/aromatic N) is 2. The van der Waals surface area contributed by atoms with Crippen LogP contribution in [0.2, 0.25) is 0 Å². The van der Waals surface area contributed by atoms with Gasteiger partial charge in [0.15, 0.2) is 0 Å². The molecule has 4 nitrogen and oxygen atoms in total. The van der Waals surface area contributed by atoms with E-state index in [9.17, 15) is 0 Å². The van der Waals surface area contributed by atoms with Gasteiger partial charge < -0.3 is 9.84 Å². The number of aromatic nitrogens is 2. The highest BCUT2D eigenvalue weighted by Crippen LogP contribution is 2.19. The Balaban J connectivity index is 1.62. The average Bonchev–Trinajstić information content (AvgIpc) is 3.17. The number of aryl methyl sites for hydroxylation is 1. The molecule has 0 unspecified atom stereocenters. The van der Waals surface area contributed by atoms with Gasteiger partial charge >= 0.3 is 0 Å². The molecule has 106 valence electrons. The highest BCUT2D eigenvalue weighted by Gasteiger charge is 2.15. The molecule has 0 aliphatic heterocycles. The standard InChI is InChI=1S/C16H21N3O/c1-2-12-7-9-13(10-8-12)16-18-15(20-19-16)11-17-14-5-3-4-6-14/h7-10,14,17H,2-6,11H2,1H3. The predicted molar refractivity (Wildman–Crippen MR) is 78.2 cm³/mol.